The van der Waals surface area contributed by atoms with Gasteiger partial charge in [-0.05, 0) is 56.0 Å². The van der Waals surface area contributed by atoms with Crippen LogP contribution in [0.1, 0.15) is 28.8 Å². The van der Waals surface area contributed by atoms with Crippen molar-refractivity contribution in [2.45, 2.75) is 33.2 Å². The molecule has 0 aliphatic carbocycles. The van der Waals surface area contributed by atoms with Gasteiger partial charge in [0.15, 0.2) is 5.96 Å². The summed E-state index contributed by atoms with van der Waals surface area (Å²) >= 11 is 0. The molecule has 0 saturated heterocycles. The van der Waals surface area contributed by atoms with Crippen molar-refractivity contribution < 1.29 is 9.47 Å². The molecule has 3 aromatic rings. The van der Waals surface area contributed by atoms with Crippen molar-refractivity contribution in [3.8, 4) is 11.4 Å². The van der Waals surface area contributed by atoms with E-state index in [1.807, 2.05) is 22.9 Å². The van der Waals surface area contributed by atoms with E-state index < -0.39 is 0 Å². The minimum absolute atomic E-state index is 0.528. The number of methoxy groups -OCH3 is 1. The van der Waals surface area contributed by atoms with Crippen LogP contribution in [0.2, 0.25) is 0 Å². The summed E-state index contributed by atoms with van der Waals surface area (Å²) in [4.78, 5) is 4.35. The van der Waals surface area contributed by atoms with Gasteiger partial charge in [-0.3, -0.25) is 4.99 Å². The fraction of sp³-hybridized carbons (Fsp3) is 0.385. The number of aryl methyl sites for hydroxylation is 3. The lowest BCUT2D eigenvalue weighted by Gasteiger charge is -2.15. The third-order valence-electron chi connectivity index (χ3n) is 5.37. The van der Waals surface area contributed by atoms with Crippen LogP contribution < -0.4 is 15.4 Å². The van der Waals surface area contributed by atoms with Crippen molar-refractivity contribution in [3.05, 3.63) is 77.1 Å². The van der Waals surface area contributed by atoms with Crippen LogP contribution in [0.4, 0.5) is 0 Å². The first-order valence-corrected chi connectivity index (χ1v) is 11.4. The number of ether oxygens (including phenoxy) is 2. The highest BCUT2D eigenvalue weighted by molar-refractivity contribution is 5.79. The first-order valence-electron chi connectivity index (χ1n) is 11.4. The summed E-state index contributed by atoms with van der Waals surface area (Å²) in [6, 6.07) is 16.4. The van der Waals surface area contributed by atoms with E-state index >= 15 is 0 Å². The number of para-hydroxylation sites is 1. The summed E-state index contributed by atoms with van der Waals surface area (Å²) in [5, 5.41) is 11.4. The van der Waals surface area contributed by atoms with Crippen LogP contribution in [-0.4, -0.2) is 49.7 Å². The normalized spacial score (nSPS) is 11.5. The average Bonchev–Trinajstić information content (AvgIpc) is 3.20. The molecule has 176 valence electrons. The summed E-state index contributed by atoms with van der Waals surface area (Å²) in [5.41, 5.74) is 5.67. The first-order chi connectivity index (χ1) is 16.1. The fourth-order valence-electron chi connectivity index (χ4n) is 3.52. The molecule has 33 heavy (non-hydrogen) atoms. The number of nitrogens with zero attached hydrogens (tertiary/aromatic N) is 3. The second-order valence-electron chi connectivity index (χ2n) is 7.93. The Bertz CT molecular complexity index is 1030. The predicted molar refractivity (Wildman–Crippen MR) is 133 cm³/mol. The SMILES string of the molecule is CN=C(NCCCc1cn(-c2ccccc2)nc1C)NCc1ccc(C)cc1OCCOC. The molecule has 0 aliphatic rings. The van der Waals surface area contributed by atoms with E-state index in [1.54, 1.807) is 14.2 Å². The van der Waals surface area contributed by atoms with Gasteiger partial charge in [0, 0.05) is 39.0 Å². The van der Waals surface area contributed by atoms with Crippen molar-refractivity contribution in [1.29, 1.82) is 0 Å². The van der Waals surface area contributed by atoms with Crippen molar-refractivity contribution in [1.82, 2.24) is 20.4 Å². The maximum absolute atomic E-state index is 5.88. The number of rotatable bonds is 11. The zero-order valence-corrected chi connectivity index (χ0v) is 20.1. The minimum Gasteiger partial charge on any atom is -0.491 e. The highest BCUT2D eigenvalue weighted by atomic mass is 16.5. The Kier molecular flexibility index (Phi) is 9.32. The van der Waals surface area contributed by atoms with Gasteiger partial charge in [0.05, 0.1) is 18.0 Å². The molecule has 3 rings (SSSR count). The molecule has 7 nitrogen and oxygen atoms in total. The fourth-order valence-corrected chi connectivity index (χ4v) is 3.52. The molecule has 2 aromatic carbocycles. The Morgan fingerprint density at radius 3 is 2.61 bits per heavy atom. The molecular weight excluding hydrogens is 414 g/mol. The lowest BCUT2D eigenvalue weighted by Crippen LogP contribution is -2.37. The monoisotopic (exact) mass is 449 g/mol. The van der Waals surface area contributed by atoms with E-state index in [-0.39, 0.29) is 0 Å². The van der Waals surface area contributed by atoms with Crippen molar-refractivity contribution in [3.63, 3.8) is 0 Å². The lowest BCUT2D eigenvalue weighted by atomic mass is 10.1. The Balaban J connectivity index is 1.47. The number of benzene rings is 2. The Labute approximate surface area is 196 Å². The summed E-state index contributed by atoms with van der Waals surface area (Å²) in [5.74, 6) is 1.65. The van der Waals surface area contributed by atoms with E-state index in [0.29, 0.717) is 19.8 Å². The average molecular weight is 450 g/mol. The summed E-state index contributed by atoms with van der Waals surface area (Å²) in [7, 11) is 3.46. The number of hydrogen-bond acceptors (Lipinski definition) is 4. The van der Waals surface area contributed by atoms with E-state index in [1.165, 1.54) is 11.1 Å². The van der Waals surface area contributed by atoms with Gasteiger partial charge in [-0.25, -0.2) is 4.68 Å². The lowest BCUT2D eigenvalue weighted by molar-refractivity contribution is 0.145. The zero-order valence-electron chi connectivity index (χ0n) is 20.1. The first kappa shape index (κ1) is 24.3. The van der Waals surface area contributed by atoms with Crippen LogP contribution in [0, 0.1) is 13.8 Å². The van der Waals surface area contributed by atoms with Gasteiger partial charge in [-0.2, -0.15) is 5.10 Å². The molecule has 1 heterocycles. The molecule has 0 atom stereocenters. The van der Waals surface area contributed by atoms with Gasteiger partial charge in [0.25, 0.3) is 0 Å². The number of hydrogen-bond donors (Lipinski definition) is 2. The van der Waals surface area contributed by atoms with Gasteiger partial charge in [-0.15, -0.1) is 0 Å². The van der Waals surface area contributed by atoms with E-state index in [0.717, 1.165) is 48.0 Å². The molecule has 0 spiro atoms. The molecular formula is C26H35N5O2. The third-order valence-corrected chi connectivity index (χ3v) is 5.37. The standard InChI is InChI=1S/C26H35N5O2/c1-20-12-13-22(25(17-20)33-16-15-32-4)18-29-26(27-3)28-14-8-9-23-19-31(30-21(23)2)24-10-6-5-7-11-24/h5-7,10-13,17,19H,8-9,14-16,18H2,1-4H3,(H2,27,28,29). The second kappa shape index (κ2) is 12.6. The molecule has 0 fully saturated rings. The van der Waals surface area contributed by atoms with E-state index in [4.69, 9.17) is 9.47 Å². The summed E-state index contributed by atoms with van der Waals surface area (Å²) < 4.78 is 12.9. The maximum atomic E-state index is 5.88. The Hall–Kier alpha value is -3.32. The molecule has 1 aromatic heterocycles. The van der Waals surface area contributed by atoms with Gasteiger partial charge in [0.1, 0.15) is 12.4 Å². The smallest absolute Gasteiger partial charge is 0.191 e. The third kappa shape index (κ3) is 7.36. The van der Waals surface area contributed by atoms with Gasteiger partial charge in [0.2, 0.25) is 0 Å². The van der Waals surface area contributed by atoms with E-state index in [9.17, 15) is 0 Å². The minimum atomic E-state index is 0.528. The molecule has 7 heteroatoms. The predicted octanol–water partition coefficient (Wildman–Crippen LogP) is 3.81. The molecule has 0 bridgehead atoms. The maximum Gasteiger partial charge on any atom is 0.191 e. The number of aromatic nitrogens is 2. The molecule has 2 N–H and O–H groups in total. The summed E-state index contributed by atoms with van der Waals surface area (Å²) in [6.07, 6.45) is 4.07. The van der Waals surface area contributed by atoms with Crippen molar-refractivity contribution >= 4 is 5.96 Å². The number of nitrogens with one attached hydrogen (secondary N) is 2. The molecule has 0 unspecified atom stereocenters. The Morgan fingerprint density at radius 2 is 1.85 bits per heavy atom. The van der Waals surface area contributed by atoms with Crippen molar-refractivity contribution in [2.75, 3.05) is 33.9 Å². The van der Waals surface area contributed by atoms with Crippen LogP contribution >= 0.6 is 0 Å². The highest BCUT2D eigenvalue weighted by Gasteiger charge is 2.08. The van der Waals surface area contributed by atoms with Gasteiger partial charge < -0.3 is 20.1 Å². The number of aliphatic imine (C=N–C) groups is 1. The van der Waals surface area contributed by atoms with Crippen LogP contribution in [0.3, 0.4) is 0 Å². The van der Waals surface area contributed by atoms with Crippen LogP contribution in [0.15, 0.2) is 59.7 Å². The van der Waals surface area contributed by atoms with Crippen LogP contribution in [-0.2, 0) is 17.7 Å². The Morgan fingerprint density at radius 1 is 1.03 bits per heavy atom. The molecule has 0 aliphatic heterocycles. The van der Waals surface area contributed by atoms with Crippen molar-refractivity contribution in [2.24, 2.45) is 4.99 Å². The van der Waals surface area contributed by atoms with Gasteiger partial charge >= 0.3 is 0 Å². The second-order valence-corrected chi connectivity index (χ2v) is 7.93. The molecule has 0 amide bonds. The largest absolute Gasteiger partial charge is 0.491 e. The highest BCUT2D eigenvalue weighted by Crippen LogP contribution is 2.20. The summed E-state index contributed by atoms with van der Waals surface area (Å²) in [6.45, 7) is 6.67. The van der Waals surface area contributed by atoms with Crippen LogP contribution in [0.25, 0.3) is 5.69 Å². The van der Waals surface area contributed by atoms with Crippen LogP contribution in [0.5, 0.6) is 5.75 Å². The van der Waals surface area contributed by atoms with Gasteiger partial charge in [-0.1, -0.05) is 30.3 Å². The molecule has 0 radical (unpaired) electrons. The van der Waals surface area contributed by atoms with E-state index in [2.05, 4.69) is 71.1 Å². The topological polar surface area (TPSA) is 72.7 Å². The molecule has 0 saturated carbocycles. The quantitative estimate of drug-likeness (QED) is 0.265. The zero-order chi connectivity index (χ0) is 23.5. The number of guanidine groups is 1.